The van der Waals surface area contributed by atoms with Gasteiger partial charge in [0.25, 0.3) is 0 Å². The van der Waals surface area contributed by atoms with E-state index in [1.165, 1.54) is 4.68 Å². The molecule has 19 heavy (non-hydrogen) atoms. The molecule has 0 aromatic carbocycles. The van der Waals surface area contributed by atoms with Gasteiger partial charge in [0.1, 0.15) is 6.54 Å². The van der Waals surface area contributed by atoms with Gasteiger partial charge in [-0.1, -0.05) is 5.21 Å². The van der Waals surface area contributed by atoms with E-state index in [1.807, 2.05) is 19.9 Å². The molecular formula is C11H15N7O. The number of hydrogen-bond donors (Lipinski definition) is 2. The topological polar surface area (TPSA) is 112 Å². The Balaban J connectivity index is 2.00. The molecule has 2 aromatic heterocycles. The minimum atomic E-state index is -0.265. The highest BCUT2D eigenvalue weighted by molar-refractivity contribution is 5.88. The summed E-state index contributed by atoms with van der Waals surface area (Å²) in [5.74, 6) is 0.0279. The summed E-state index contributed by atoms with van der Waals surface area (Å²) in [5.41, 5.74) is 7.65. The van der Waals surface area contributed by atoms with Gasteiger partial charge in [0.15, 0.2) is 0 Å². The van der Waals surface area contributed by atoms with Crippen molar-refractivity contribution in [2.45, 2.75) is 26.9 Å². The van der Waals surface area contributed by atoms with Crippen molar-refractivity contribution >= 4 is 11.9 Å². The zero-order valence-corrected chi connectivity index (χ0v) is 10.8. The van der Waals surface area contributed by atoms with Gasteiger partial charge in [-0.2, -0.15) is 0 Å². The van der Waals surface area contributed by atoms with Crippen LogP contribution in [0.2, 0.25) is 0 Å². The maximum absolute atomic E-state index is 11.8. The quantitative estimate of drug-likeness (QED) is 0.787. The van der Waals surface area contributed by atoms with E-state index in [2.05, 4.69) is 25.6 Å². The molecule has 0 radical (unpaired) electrons. The van der Waals surface area contributed by atoms with Crippen molar-refractivity contribution in [1.29, 1.82) is 0 Å². The summed E-state index contributed by atoms with van der Waals surface area (Å²) in [7, 11) is 0. The Morgan fingerprint density at radius 2 is 2.05 bits per heavy atom. The lowest BCUT2D eigenvalue weighted by atomic mass is 10.4. The molecule has 0 bridgehead atoms. The number of carbonyl (C=O) groups is 1. The van der Waals surface area contributed by atoms with E-state index in [1.54, 1.807) is 6.20 Å². The number of nitrogens with one attached hydrogen (secondary N) is 1. The first kappa shape index (κ1) is 13.1. The molecule has 0 fully saturated rings. The number of aryl methyl sites for hydroxylation is 2. The molecule has 3 N–H and O–H groups in total. The monoisotopic (exact) mass is 261 g/mol. The number of aromatic nitrogens is 5. The molecule has 8 nitrogen and oxygen atoms in total. The highest BCUT2D eigenvalue weighted by atomic mass is 16.2. The van der Waals surface area contributed by atoms with Crippen LogP contribution in [-0.4, -0.2) is 30.9 Å². The average Bonchev–Trinajstić information content (AvgIpc) is 2.74. The molecule has 2 heterocycles. The third kappa shape index (κ3) is 3.55. The fourth-order valence-electron chi connectivity index (χ4n) is 1.60. The van der Waals surface area contributed by atoms with Crippen LogP contribution in [0, 0.1) is 13.8 Å². The van der Waals surface area contributed by atoms with Crippen LogP contribution in [0.15, 0.2) is 12.3 Å². The second kappa shape index (κ2) is 5.53. The van der Waals surface area contributed by atoms with Crippen LogP contribution in [0.1, 0.15) is 17.1 Å². The van der Waals surface area contributed by atoms with Gasteiger partial charge in [0.05, 0.1) is 11.9 Å². The smallest absolute Gasteiger partial charge is 0.248 e. The minimum Gasteiger partial charge on any atom is -0.325 e. The van der Waals surface area contributed by atoms with Crippen LogP contribution in [0.5, 0.6) is 0 Å². The summed E-state index contributed by atoms with van der Waals surface area (Å²) in [6.07, 6.45) is 1.63. The van der Waals surface area contributed by atoms with Crippen LogP contribution in [0.3, 0.4) is 0 Å². The highest BCUT2D eigenvalue weighted by Gasteiger charge is 2.08. The minimum absolute atomic E-state index is 0.0450. The van der Waals surface area contributed by atoms with Gasteiger partial charge < -0.3 is 5.73 Å². The normalized spacial score (nSPS) is 10.5. The van der Waals surface area contributed by atoms with E-state index in [9.17, 15) is 4.79 Å². The summed E-state index contributed by atoms with van der Waals surface area (Å²) < 4.78 is 1.42. The molecule has 0 saturated heterocycles. The van der Waals surface area contributed by atoms with Crippen LogP contribution in [-0.2, 0) is 17.9 Å². The molecule has 100 valence electrons. The Hall–Kier alpha value is -2.35. The SMILES string of the molecule is Cc1cc(C)nc(NC(=O)Cn2cc(CN)nn2)n1. The number of nitrogens with zero attached hydrogens (tertiary/aromatic N) is 5. The van der Waals surface area contributed by atoms with Crippen molar-refractivity contribution in [1.82, 2.24) is 25.0 Å². The molecule has 2 aromatic rings. The van der Waals surface area contributed by atoms with Crippen LogP contribution >= 0.6 is 0 Å². The number of carbonyl (C=O) groups excluding carboxylic acids is 1. The van der Waals surface area contributed by atoms with Crippen molar-refractivity contribution < 1.29 is 4.79 Å². The lowest BCUT2D eigenvalue weighted by molar-refractivity contribution is -0.117. The first-order valence-electron chi connectivity index (χ1n) is 5.78. The molecule has 0 unspecified atom stereocenters. The number of hydrogen-bond acceptors (Lipinski definition) is 6. The molecular weight excluding hydrogens is 246 g/mol. The van der Waals surface area contributed by atoms with Crippen molar-refractivity contribution in [2.75, 3.05) is 5.32 Å². The summed E-state index contributed by atoms with van der Waals surface area (Å²) in [6, 6.07) is 1.83. The molecule has 0 aliphatic rings. The van der Waals surface area contributed by atoms with E-state index in [-0.39, 0.29) is 12.5 Å². The third-order valence-electron chi connectivity index (χ3n) is 2.33. The standard InChI is InChI=1S/C11H15N7O/c1-7-3-8(2)14-11(13-7)15-10(19)6-18-5-9(4-12)16-17-18/h3,5H,4,6,12H2,1-2H3,(H,13,14,15,19). The second-order valence-corrected chi connectivity index (χ2v) is 4.13. The molecule has 0 aliphatic heterocycles. The first-order valence-corrected chi connectivity index (χ1v) is 5.78. The van der Waals surface area contributed by atoms with Crippen molar-refractivity contribution in [3.63, 3.8) is 0 Å². The van der Waals surface area contributed by atoms with E-state index < -0.39 is 0 Å². The molecule has 0 atom stereocenters. The van der Waals surface area contributed by atoms with E-state index in [0.29, 0.717) is 18.2 Å². The average molecular weight is 261 g/mol. The van der Waals surface area contributed by atoms with E-state index in [4.69, 9.17) is 5.73 Å². The second-order valence-electron chi connectivity index (χ2n) is 4.13. The lowest BCUT2D eigenvalue weighted by Gasteiger charge is -2.05. The maximum Gasteiger partial charge on any atom is 0.248 e. The van der Waals surface area contributed by atoms with Gasteiger partial charge in [-0.05, 0) is 19.9 Å². The van der Waals surface area contributed by atoms with Crippen LogP contribution in [0.4, 0.5) is 5.95 Å². The fraction of sp³-hybridized carbons (Fsp3) is 0.364. The maximum atomic E-state index is 11.8. The molecule has 0 saturated carbocycles. The van der Waals surface area contributed by atoms with Gasteiger partial charge in [0.2, 0.25) is 11.9 Å². The van der Waals surface area contributed by atoms with Gasteiger partial charge in [-0.25, -0.2) is 14.6 Å². The molecule has 0 spiro atoms. The van der Waals surface area contributed by atoms with E-state index in [0.717, 1.165) is 11.4 Å². The molecule has 0 aliphatic carbocycles. The predicted molar refractivity (Wildman–Crippen MR) is 68.0 cm³/mol. The van der Waals surface area contributed by atoms with Crippen molar-refractivity contribution in [3.8, 4) is 0 Å². The summed E-state index contributed by atoms with van der Waals surface area (Å²) in [4.78, 5) is 20.0. The Kier molecular flexibility index (Phi) is 3.81. The fourth-order valence-corrected chi connectivity index (χ4v) is 1.60. The predicted octanol–water partition coefficient (Wildman–Crippen LogP) is -0.218. The first-order chi connectivity index (χ1) is 9.06. The highest BCUT2D eigenvalue weighted by Crippen LogP contribution is 2.03. The zero-order chi connectivity index (χ0) is 13.8. The summed E-state index contributed by atoms with van der Waals surface area (Å²) >= 11 is 0. The van der Waals surface area contributed by atoms with Crippen molar-refractivity contribution in [3.05, 3.63) is 29.3 Å². The number of anilines is 1. The Bertz CT molecular complexity index is 572. The van der Waals surface area contributed by atoms with Crippen molar-refractivity contribution in [2.24, 2.45) is 5.73 Å². The van der Waals surface area contributed by atoms with Crippen LogP contribution < -0.4 is 11.1 Å². The molecule has 1 amide bonds. The van der Waals surface area contributed by atoms with Crippen LogP contribution in [0.25, 0.3) is 0 Å². The Morgan fingerprint density at radius 3 is 2.63 bits per heavy atom. The number of rotatable bonds is 4. The third-order valence-corrected chi connectivity index (χ3v) is 2.33. The van der Waals surface area contributed by atoms with Gasteiger partial charge in [0, 0.05) is 17.9 Å². The largest absolute Gasteiger partial charge is 0.325 e. The van der Waals surface area contributed by atoms with Gasteiger partial charge in [-0.3, -0.25) is 10.1 Å². The van der Waals surface area contributed by atoms with Gasteiger partial charge >= 0.3 is 0 Å². The Morgan fingerprint density at radius 1 is 1.37 bits per heavy atom. The van der Waals surface area contributed by atoms with Gasteiger partial charge in [-0.15, -0.1) is 5.10 Å². The summed E-state index contributed by atoms with van der Waals surface area (Å²) in [6.45, 7) is 4.02. The number of nitrogens with two attached hydrogens (primary N) is 1. The number of amides is 1. The van der Waals surface area contributed by atoms with E-state index >= 15 is 0 Å². The lowest BCUT2D eigenvalue weighted by Crippen LogP contribution is -2.20. The molecule has 8 heteroatoms. The Labute approximate surface area is 110 Å². The zero-order valence-electron chi connectivity index (χ0n) is 10.8. The molecule has 2 rings (SSSR count). The summed E-state index contributed by atoms with van der Waals surface area (Å²) in [5, 5.41) is 10.2.